The summed E-state index contributed by atoms with van der Waals surface area (Å²) >= 11 is 0. The molecule has 3 rings (SSSR count). The largest absolute Gasteiger partial charge is 0.348 e. The Hall–Kier alpha value is -2.90. The molecule has 6 nitrogen and oxygen atoms in total. The fraction of sp³-hybridized carbons (Fsp3) is 0.520. The standard InChI is InChI=1S/C25H33F2N5O/c1-6-8-20(9-7-2)31-24(33)17(4)30-22-16(3)28-15-29-23(22)32-13-12-18-14-19(25(5,26)27)10-11-21(18)32/h10-11,14-15,20H,6-9,12-13H2,1-5H3,(H,31,33). The van der Waals surface area contributed by atoms with Crippen LogP contribution in [0.3, 0.4) is 0 Å². The summed E-state index contributed by atoms with van der Waals surface area (Å²) in [5.41, 5.74) is 3.18. The van der Waals surface area contributed by atoms with Crippen molar-refractivity contribution in [3.05, 3.63) is 41.3 Å². The summed E-state index contributed by atoms with van der Waals surface area (Å²) in [5, 5.41) is 3.09. The summed E-state index contributed by atoms with van der Waals surface area (Å²) in [7, 11) is 0. The number of rotatable bonds is 9. The molecule has 1 aromatic carbocycles. The van der Waals surface area contributed by atoms with Gasteiger partial charge < -0.3 is 10.2 Å². The molecular formula is C25H33F2N5O. The number of alkyl halides is 2. The average Bonchev–Trinajstić information content (AvgIpc) is 3.18. The molecule has 1 amide bonds. The summed E-state index contributed by atoms with van der Waals surface area (Å²) in [6, 6.07) is 4.85. The molecule has 178 valence electrons. The highest BCUT2D eigenvalue weighted by Gasteiger charge is 2.30. The second-order valence-corrected chi connectivity index (χ2v) is 8.71. The van der Waals surface area contributed by atoms with E-state index in [1.165, 1.54) is 12.4 Å². The van der Waals surface area contributed by atoms with E-state index in [-0.39, 0.29) is 17.5 Å². The summed E-state index contributed by atoms with van der Waals surface area (Å²) in [6.45, 7) is 9.21. The van der Waals surface area contributed by atoms with E-state index in [2.05, 4.69) is 34.1 Å². The molecule has 33 heavy (non-hydrogen) atoms. The van der Waals surface area contributed by atoms with Crippen molar-refractivity contribution in [2.45, 2.75) is 78.7 Å². The van der Waals surface area contributed by atoms with Crippen molar-refractivity contribution in [1.29, 1.82) is 0 Å². The SMILES string of the molecule is CCCC(CCC)NC(=O)C(C)=Nc1c(C)ncnc1N1CCc2cc(C(C)(F)F)ccc21. The summed E-state index contributed by atoms with van der Waals surface area (Å²) < 4.78 is 27.6. The molecule has 0 atom stereocenters. The van der Waals surface area contributed by atoms with E-state index < -0.39 is 5.92 Å². The van der Waals surface area contributed by atoms with Crippen LogP contribution in [0, 0.1) is 6.92 Å². The van der Waals surface area contributed by atoms with Gasteiger partial charge in [0.15, 0.2) is 5.82 Å². The quantitative estimate of drug-likeness (QED) is 0.486. The lowest BCUT2D eigenvalue weighted by molar-refractivity contribution is -0.115. The first-order valence-electron chi connectivity index (χ1n) is 11.6. The third-order valence-corrected chi connectivity index (χ3v) is 5.94. The number of anilines is 2. The molecule has 0 spiro atoms. The maximum Gasteiger partial charge on any atom is 0.270 e. The summed E-state index contributed by atoms with van der Waals surface area (Å²) in [6.07, 6.45) is 5.93. The van der Waals surface area contributed by atoms with Crippen LogP contribution >= 0.6 is 0 Å². The van der Waals surface area contributed by atoms with Crippen LogP contribution in [0.4, 0.5) is 26.0 Å². The maximum atomic E-state index is 13.8. The van der Waals surface area contributed by atoms with Gasteiger partial charge in [0.2, 0.25) is 0 Å². The van der Waals surface area contributed by atoms with E-state index >= 15 is 0 Å². The second-order valence-electron chi connectivity index (χ2n) is 8.71. The molecule has 0 saturated carbocycles. The molecule has 0 aliphatic carbocycles. The number of aliphatic imine (C=N–C) groups is 1. The molecule has 1 N–H and O–H groups in total. The zero-order valence-electron chi connectivity index (χ0n) is 20.1. The smallest absolute Gasteiger partial charge is 0.270 e. The topological polar surface area (TPSA) is 70.5 Å². The molecular weight excluding hydrogens is 424 g/mol. The first-order chi connectivity index (χ1) is 15.7. The molecule has 1 aliphatic rings. The minimum atomic E-state index is -2.89. The Balaban J connectivity index is 1.91. The van der Waals surface area contributed by atoms with Crippen molar-refractivity contribution in [2.75, 3.05) is 11.4 Å². The van der Waals surface area contributed by atoms with Gasteiger partial charge in [-0.15, -0.1) is 0 Å². The van der Waals surface area contributed by atoms with Crippen LogP contribution in [-0.2, 0) is 17.1 Å². The van der Waals surface area contributed by atoms with Gasteiger partial charge in [-0.25, -0.2) is 23.7 Å². The lowest BCUT2D eigenvalue weighted by atomic mass is 10.0. The molecule has 1 aromatic heterocycles. The molecule has 0 unspecified atom stereocenters. The number of nitrogens with one attached hydrogen (secondary N) is 1. The Morgan fingerprint density at radius 3 is 2.58 bits per heavy atom. The lowest BCUT2D eigenvalue weighted by Gasteiger charge is -2.22. The fourth-order valence-corrected chi connectivity index (χ4v) is 4.17. The number of benzene rings is 1. The number of aryl methyl sites for hydroxylation is 1. The number of aromatic nitrogens is 2. The Morgan fingerprint density at radius 2 is 1.94 bits per heavy atom. The number of carbonyl (C=O) groups is 1. The fourth-order valence-electron chi connectivity index (χ4n) is 4.17. The van der Waals surface area contributed by atoms with Crippen molar-refractivity contribution in [1.82, 2.24) is 15.3 Å². The Labute approximate surface area is 194 Å². The van der Waals surface area contributed by atoms with Gasteiger partial charge >= 0.3 is 0 Å². The van der Waals surface area contributed by atoms with E-state index in [0.717, 1.165) is 43.9 Å². The number of fused-ring (bicyclic) bond motifs is 1. The van der Waals surface area contributed by atoms with Crippen LogP contribution in [0.2, 0.25) is 0 Å². The highest BCUT2D eigenvalue weighted by atomic mass is 19.3. The number of hydrogen-bond acceptors (Lipinski definition) is 5. The summed E-state index contributed by atoms with van der Waals surface area (Å²) in [5.74, 6) is -2.52. The third kappa shape index (κ3) is 5.72. The zero-order valence-corrected chi connectivity index (χ0v) is 20.1. The molecule has 0 radical (unpaired) electrons. The third-order valence-electron chi connectivity index (χ3n) is 5.94. The predicted molar refractivity (Wildman–Crippen MR) is 128 cm³/mol. The van der Waals surface area contributed by atoms with E-state index in [0.29, 0.717) is 35.9 Å². The minimum Gasteiger partial charge on any atom is -0.348 e. The van der Waals surface area contributed by atoms with Gasteiger partial charge in [-0.2, -0.15) is 0 Å². The zero-order chi connectivity index (χ0) is 24.2. The van der Waals surface area contributed by atoms with E-state index in [1.807, 2.05) is 11.8 Å². The number of hydrogen-bond donors (Lipinski definition) is 1. The number of amides is 1. The van der Waals surface area contributed by atoms with Gasteiger partial charge in [-0.05, 0) is 50.8 Å². The van der Waals surface area contributed by atoms with Crippen LogP contribution in [0.5, 0.6) is 0 Å². The normalized spacial score (nSPS) is 14.1. The molecule has 8 heteroatoms. The predicted octanol–water partition coefficient (Wildman–Crippen LogP) is 5.77. The van der Waals surface area contributed by atoms with Crippen molar-refractivity contribution in [3.8, 4) is 0 Å². The minimum absolute atomic E-state index is 0.00133. The van der Waals surface area contributed by atoms with Crippen LogP contribution in [0.25, 0.3) is 0 Å². The summed E-state index contributed by atoms with van der Waals surface area (Å²) in [4.78, 5) is 28.1. The van der Waals surface area contributed by atoms with Gasteiger partial charge in [0, 0.05) is 30.8 Å². The number of nitrogens with zero attached hydrogens (tertiary/aromatic N) is 4. The van der Waals surface area contributed by atoms with Crippen molar-refractivity contribution < 1.29 is 13.6 Å². The number of carbonyl (C=O) groups excluding carboxylic acids is 1. The first kappa shape index (κ1) is 24.7. The van der Waals surface area contributed by atoms with Crippen LogP contribution in [-0.4, -0.2) is 34.2 Å². The van der Waals surface area contributed by atoms with Crippen molar-refractivity contribution in [3.63, 3.8) is 0 Å². The van der Waals surface area contributed by atoms with Gasteiger partial charge in [0.25, 0.3) is 11.8 Å². The van der Waals surface area contributed by atoms with E-state index in [9.17, 15) is 13.6 Å². The van der Waals surface area contributed by atoms with E-state index in [4.69, 9.17) is 0 Å². The Bertz CT molecular complexity index is 1030. The molecule has 0 fully saturated rings. The number of halogens is 2. The van der Waals surface area contributed by atoms with Crippen molar-refractivity contribution in [2.24, 2.45) is 4.99 Å². The van der Waals surface area contributed by atoms with Gasteiger partial charge in [-0.3, -0.25) is 4.79 Å². The second kappa shape index (κ2) is 10.4. The van der Waals surface area contributed by atoms with Crippen LogP contribution < -0.4 is 10.2 Å². The monoisotopic (exact) mass is 457 g/mol. The van der Waals surface area contributed by atoms with Gasteiger partial charge in [-0.1, -0.05) is 32.8 Å². The Kier molecular flexibility index (Phi) is 7.76. The molecule has 0 bridgehead atoms. The van der Waals surface area contributed by atoms with Gasteiger partial charge in [0.1, 0.15) is 17.7 Å². The highest BCUT2D eigenvalue weighted by Crippen LogP contribution is 2.41. The molecule has 1 aliphatic heterocycles. The Morgan fingerprint density at radius 1 is 1.24 bits per heavy atom. The van der Waals surface area contributed by atoms with Crippen LogP contribution in [0.15, 0.2) is 29.5 Å². The lowest BCUT2D eigenvalue weighted by Crippen LogP contribution is -2.38. The van der Waals surface area contributed by atoms with Gasteiger partial charge in [0.05, 0.1) is 5.69 Å². The maximum absolute atomic E-state index is 13.8. The molecule has 2 aromatic rings. The highest BCUT2D eigenvalue weighted by molar-refractivity contribution is 6.38. The average molecular weight is 458 g/mol. The molecule has 0 saturated heterocycles. The molecule has 2 heterocycles. The first-order valence-corrected chi connectivity index (χ1v) is 11.6. The van der Waals surface area contributed by atoms with Crippen molar-refractivity contribution >= 4 is 28.8 Å². The van der Waals surface area contributed by atoms with Crippen LogP contribution in [0.1, 0.15) is 70.2 Å². The van der Waals surface area contributed by atoms with E-state index in [1.54, 1.807) is 19.1 Å².